The summed E-state index contributed by atoms with van der Waals surface area (Å²) in [5.74, 6) is 2.38. The van der Waals surface area contributed by atoms with Gasteiger partial charge in [0, 0.05) is 35.4 Å². The number of nitrogens with zero attached hydrogens (tertiary/aromatic N) is 4. The molecule has 8 rings (SSSR count). The molecule has 0 fully saturated rings. The van der Waals surface area contributed by atoms with E-state index >= 15 is 0 Å². The average Bonchev–Trinajstić information content (AvgIpc) is 3.75. The number of hydrogen-bond acceptors (Lipinski definition) is 2. The van der Waals surface area contributed by atoms with Gasteiger partial charge in [0.2, 0.25) is 0 Å². The van der Waals surface area contributed by atoms with E-state index in [1.54, 1.807) is 0 Å². The van der Waals surface area contributed by atoms with Crippen molar-refractivity contribution in [2.75, 3.05) is 0 Å². The fraction of sp³-hybridized carbons (Fsp3) is 0.174. The normalized spacial score (nSPS) is 12.1. The Morgan fingerprint density at radius 3 is 2.10 bits per heavy atom. The SMILES string of the molecule is CC(C)(C)c1ccc(-[n+]2[c-]n(-c3cc(Oc4ccc5c6ccccc6n(-c6cc(C(C)(C)C)ccn6)c5c4)cc(-c4ccccc4)c3)cc2)cc1. The Morgan fingerprint density at radius 2 is 1.33 bits per heavy atom. The molecular formula is C46H42N4O. The van der Waals surface area contributed by atoms with Crippen LogP contribution < -0.4 is 9.30 Å². The zero-order valence-electron chi connectivity index (χ0n) is 30.1. The van der Waals surface area contributed by atoms with Crippen LogP contribution >= 0.6 is 0 Å². The van der Waals surface area contributed by atoms with E-state index < -0.39 is 0 Å². The summed E-state index contributed by atoms with van der Waals surface area (Å²) in [5, 5.41) is 2.33. The van der Waals surface area contributed by atoms with Crippen LogP contribution in [-0.2, 0) is 10.8 Å². The largest absolute Gasteiger partial charge is 0.458 e. The van der Waals surface area contributed by atoms with Gasteiger partial charge in [-0.3, -0.25) is 13.7 Å². The van der Waals surface area contributed by atoms with Crippen molar-refractivity contribution in [3.05, 3.63) is 163 Å². The molecule has 0 aliphatic heterocycles. The Hall–Kier alpha value is -5.94. The van der Waals surface area contributed by atoms with Crippen molar-refractivity contribution in [3.8, 4) is 39.8 Å². The predicted octanol–water partition coefficient (Wildman–Crippen LogP) is 11.1. The maximum atomic E-state index is 6.74. The molecule has 5 nitrogen and oxygen atoms in total. The topological polar surface area (TPSA) is 35.9 Å². The predicted molar refractivity (Wildman–Crippen MR) is 208 cm³/mol. The summed E-state index contributed by atoms with van der Waals surface area (Å²) >= 11 is 0. The van der Waals surface area contributed by atoms with E-state index in [2.05, 4.69) is 174 Å². The first-order valence-corrected chi connectivity index (χ1v) is 17.5. The van der Waals surface area contributed by atoms with Crippen LogP contribution in [0, 0.1) is 6.33 Å². The summed E-state index contributed by atoms with van der Waals surface area (Å²) in [6.45, 7) is 13.4. The molecule has 5 heteroatoms. The van der Waals surface area contributed by atoms with E-state index in [9.17, 15) is 0 Å². The molecule has 3 heterocycles. The average molecular weight is 667 g/mol. The second-order valence-electron chi connectivity index (χ2n) is 15.3. The monoisotopic (exact) mass is 666 g/mol. The molecule has 0 amide bonds. The van der Waals surface area contributed by atoms with Crippen molar-refractivity contribution in [1.29, 1.82) is 0 Å². The summed E-state index contributed by atoms with van der Waals surface area (Å²) in [4.78, 5) is 4.85. The van der Waals surface area contributed by atoms with Gasteiger partial charge in [-0.25, -0.2) is 4.98 Å². The number of para-hydroxylation sites is 1. The molecule has 0 aliphatic carbocycles. The molecule has 0 bridgehead atoms. The van der Waals surface area contributed by atoms with Gasteiger partial charge in [0.05, 0.1) is 22.4 Å². The number of pyridine rings is 1. The third-order valence-electron chi connectivity index (χ3n) is 9.59. The quantitative estimate of drug-likeness (QED) is 0.131. The fourth-order valence-electron chi connectivity index (χ4n) is 6.71. The molecule has 3 aromatic heterocycles. The maximum Gasteiger partial charge on any atom is 0.268 e. The van der Waals surface area contributed by atoms with Crippen molar-refractivity contribution in [2.24, 2.45) is 0 Å². The van der Waals surface area contributed by atoms with Crippen molar-refractivity contribution in [2.45, 2.75) is 52.4 Å². The Balaban J connectivity index is 1.21. The Morgan fingerprint density at radius 1 is 0.608 bits per heavy atom. The number of benzene rings is 5. The molecule has 5 aromatic carbocycles. The second kappa shape index (κ2) is 12.4. The van der Waals surface area contributed by atoms with Gasteiger partial charge in [-0.05, 0) is 93.7 Å². The highest BCUT2D eigenvalue weighted by molar-refractivity contribution is 6.09. The highest BCUT2D eigenvalue weighted by atomic mass is 16.5. The molecule has 0 saturated heterocycles. The van der Waals surface area contributed by atoms with E-state index in [1.807, 2.05) is 33.8 Å². The molecule has 252 valence electrons. The molecule has 8 aromatic rings. The fourth-order valence-corrected chi connectivity index (χ4v) is 6.71. The van der Waals surface area contributed by atoms with Gasteiger partial charge in [-0.2, -0.15) is 0 Å². The minimum absolute atomic E-state index is 0.000496. The van der Waals surface area contributed by atoms with Crippen molar-refractivity contribution in [1.82, 2.24) is 14.1 Å². The number of imidazole rings is 1. The summed E-state index contributed by atoms with van der Waals surface area (Å²) in [6.07, 6.45) is 9.51. The lowest BCUT2D eigenvalue weighted by Gasteiger charge is -2.20. The minimum Gasteiger partial charge on any atom is -0.458 e. The first kappa shape index (κ1) is 32.3. The highest BCUT2D eigenvalue weighted by Gasteiger charge is 2.19. The lowest BCUT2D eigenvalue weighted by Crippen LogP contribution is -2.28. The maximum absolute atomic E-state index is 6.74. The molecule has 0 atom stereocenters. The van der Waals surface area contributed by atoms with Crippen molar-refractivity contribution < 1.29 is 9.30 Å². The third-order valence-corrected chi connectivity index (χ3v) is 9.59. The zero-order chi connectivity index (χ0) is 35.3. The number of hydrogen-bond donors (Lipinski definition) is 0. The van der Waals surface area contributed by atoms with Crippen LogP contribution in [0.3, 0.4) is 0 Å². The molecule has 0 aliphatic rings. The number of fused-ring (bicyclic) bond motifs is 3. The second-order valence-corrected chi connectivity index (χ2v) is 15.3. The molecule has 0 spiro atoms. The van der Waals surface area contributed by atoms with E-state index in [0.29, 0.717) is 0 Å². The molecule has 0 radical (unpaired) electrons. The molecular weight excluding hydrogens is 625 g/mol. The molecule has 51 heavy (non-hydrogen) atoms. The van der Waals surface area contributed by atoms with Gasteiger partial charge >= 0.3 is 0 Å². The Kier molecular flexibility index (Phi) is 7.87. The van der Waals surface area contributed by atoms with Crippen LogP contribution in [0.25, 0.3) is 50.1 Å². The van der Waals surface area contributed by atoms with Crippen LogP contribution in [0.5, 0.6) is 11.5 Å². The van der Waals surface area contributed by atoms with Crippen LogP contribution in [0.15, 0.2) is 146 Å². The number of ether oxygens (including phenoxy) is 1. The first-order valence-electron chi connectivity index (χ1n) is 17.5. The lowest BCUT2D eigenvalue weighted by molar-refractivity contribution is -0.599. The number of aromatic nitrogens is 4. The van der Waals surface area contributed by atoms with Crippen LogP contribution in [-0.4, -0.2) is 14.1 Å². The summed E-state index contributed by atoms with van der Waals surface area (Å²) < 4.78 is 13.0. The van der Waals surface area contributed by atoms with Gasteiger partial charge < -0.3 is 4.74 Å². The first-order chi connectivity index (χ1) is 24.5. The highest BCUT2D eigenvalue weighted by Crippen LogP contribution is 2.37. The van der Waals surface area contributed by atoms with E-state index in [0.717, 1.165) is 56.2 Å². The van der Waals surface area contributed by atoms with Gasteiger partial charge in [0.25, 0.3) is 6.33 Å². The van der Waals surface area contributed by atoms with Gasteiger partial charge in [0.1, 0.15) is 17.3 Å². The zero-order valence-corrected chi connectivity index (χ0v) is 30.1. The molecule has 0 N–H and O–H groups in total. The molecule has 0 saturated carbocycles. The molecule has 0 unspecified atom stereocenters. The summed E-state index contributed by atoms with van der Waals surface area (Å²) in [6, 6.07) is 44.7. The van der Waals surface area contributed by atoms with Crippen molar-refractivity contribution >= 4 is 21.8 Å². The van der Waals surface area contributed by atoms with Crippen LogP contribution in [0.1, 0.15) is 52.7 Å². The van der Waals surface area contributed by atoms with Crippen LogP contribution in [0.2, 0.25) is 0 Å². The smallest absolute Gasteiger partial charge is 0.268 e. The standard InChI is InChI=1S/C46H42N4O/c1-45(2,3)34-16-18-36(19-17-34)48-24-25-49(31-48)37-26-33(32-12-8-7-9-13-32)27-39(29-37)51-38-20-21-41-40-14-10-11-15-42(40)50(43(41)30-38)44-28-35(22-23-47-44)46(4,5)6/h7-30H,1-6H3. The third kappa shape index (κ3) is 6.32. The minimum atomic E-state index is -0.000496. The Labute approximate surface area is 300 Å². The summed E-state index contributed by atoms with van der Waals surface area (Å²) in [5.41, 5.74) is 8.98. The lowest BCUT2D eigenvalue weighted by atomic mass is 9.87. The Bertz CT molecular complexity index is 2510. The van der Waals surface area contributed by atoms with E-state index in [-0.39, 0.29) is 10.8 Å². The van der Waals surface area contributed by atoms with Gasteiger partial charge in [-0.1, -0.05) is 102 Å². The van der Waals surface area contributed by atoms with E-state index in [1.165, 1.54) is 16.5 Å². The van der Waals surface area contributed by atoms with Crippen LogP contribution in [0.4, 0.5) is 0 Å². The van der Waals surface area contributed by atoms with E-state index in [4.69, 9.17) is 9.72 Å². The van der Waals surface area contributed by atoms with Crippen molar-refractivity contribution in [3.63, 3.8) is 0 Å². The van der Waals surface area contributed by atoms with Gasteiger partial charge in [0.15, 0.2) is 0 Å². The summed E-state index contributed by atoms with van der Waals surface area (Å²) in [7, 11) is 0. The van der Waals surface area contributed by atoms with Gasteiger partial charge in [-0.15, -0.1) is 0 Å². The number of rotatable bonds is 6.